The molecule has 2 heterocycles. The van der Waals surface area contributed by atoms with E-state index in [0.29, 0.717) is 12.5 Å². The Morgan fingerprint density at radius 1 is 1.33 bits per heavy atom. The summed E-state index contributed by atoms with van der Waals surface area (Å²) < 4.78 is 5.84. The van der Waals surface area contributed by atoms with E-state index in [9.17, 15) is 9.59 Å². The van der Waals surface area contributed by atoms with Crippen molar-refractivity contribution in [1.82, 2.24) is 10.2 Å². The van der Waals surface area contributed by atoms with E-state index >= 15 is 0 Å². The summed E-state index contributed by atoms with van der Waals surface area (Å²) in [6.07, 6.45) is 2.63. The first-order valence-electron chi connectivity index (χ1n) is 7.46. The second kappa shape index (κ2) is 4.23. The van der Waals surface area contributed by atoms with Gasteiger partial charge in [0.25, 0.3) is 5.91 Å². The highest BCUT2D eigenvalue weighted by molar-refractivity contribution is 6.07. The Labute approximate surface area is 123 Å². The van der Waals surface area contributed by atoms with Gasteiger partial charge in [0.05, 0.1) is 6.54 Å². The van der Waals surface area contributed by atoms with Crippen LogP contribution in [0.25, 0.3) is 0 Å². The van der Waals surface area contributed by atoms with Gasteiger partial charge in [-0.05, 0) is 37.3 Å². The van der Waals surface area contributed by atoms with Gasteiger partial charge in [-0.15, -0.1) is 0 Å². The van der Waals surface area contributed by atoms with Crippen LogP contribution in [0.1, 0.15) is 25.3 Å². The number of hydrogen-bond donors (Lipinski definition) is 1. The highest BCUT2D eigenvalue weighted by Crippen LogP contribution is 2.42. The lowest BCUT2D eigenvalue weighted by molar-refractivity contribution is -0.132. The zero-order valence-electron chi connectivity index (χ0n) is 12.0. The van der Waals surface area contributed by atoms with Crippen LogP contribution < -0.4 is 10.1 Å². The molecule has 2 unspecified atom stereocenters. The van der Waals surface area contributed by atoms with E-state index in [2.05, 4.69) is 5.32 Å². The molecule has 1 N–H and O–H groups in total. The van der Waals surface area contributed by atoms with E-state index in [1.807, 2.05) is 31.2 Å². The molecule has 0 radical (unpaired) electrons. The van der Waals surface area contributed by atoms with E-state index in [4.69, 9.17) is 4.74 Å². The second-order valence-electron chi connectivity index (χ2n) is 6.37. The number of carbonyl (C=O) groups is 2. The van der Waals surface area contributed by atoms with E-state index in [0.717, 1.165) is 30.6 Å². The van der Waals surface area contributed by atoms with Crippen LogP contribution in [-0.2, 0) is 11.2 Å². The largest absolute Gasteiger partial charge is 0.488 e. The number of rotatable bonds is 3. The molecule has 0 aromatic heterocycles. The number of nitrogens with one attached hydrogen (secondary N) is 1. The van der Waals surface area contributed by atoms with Gasteiger partial charge in [0, 0.05) is 6.42 Å². The average Bonchev–Trinajstić information content (AvgIpc) is 3.20. The average molecular weight is 286 g/mol. The summed E-state index contributed by atoms with van der Waals surface area (Å²) in [5.74, 6) is 1.05. The van der Waals surface area contributed by atoms with E-state index in [-0.39, 0.29) is 18.0 Å². The molecule has 2 fully saturated rings. The quantitative estimate of drug-likeness (QED) is 0.861. The number of urea groups is 1. The van der Waals surface area contributed by atoms with E-state index in [1.54, 1.807) is 0 Å². The number of hydrogen-bond acceptors (Lipinski definition) is 3. The molecule has 110 valence electrons. The predicted molar refractivity (Wildman–Crippen MR) is 75.9 cm³/mol. The Balaban J connectivity index is 1.49. The summed E-state index contributed by atoms with van der Waals surface area (Å²) in [5, 5.41) is 2.87. The number of ether oxygens (including phenoxy) is 1. The molecule has 2 aliphatic heterocycles. The molecule has 5 nitrogen and oxygen atoms in total. The number of imide groups is 1. The fraction of sp³-hybridized carbons (Fsp3) is 0.500. The molecule has 2 atom stereocenters. The van der Waals surface area contributed by atoms with Crippen LogP contribution in [0.3, 0.4) is 0 Å². The monoisotopic (exact) mass is 286 g/mol. The maximum Gasteiger partial charge on any atom is 0.325 e. The molecule has 1 aromatic rings. The lowest BCUT2D eigenvalue weighted by atomic mass is 9.96. The zero-order valence-corrected chi connectivity index (χ0v) is 12.0. The molecular formula is C16H18N2O3. The highest BCUT2D eigenvalue weighted by atomic mass is 16.5. The third-order valence-electron chi connectivity index (χ3n) is 4.80. The van der Waals surface area contributed by atoms with Crippen LogP contribution in [0.15, 0.2) is 24.3 Å². The molecule has 4 rings (SSSR count). The molecule has 3 amide bonds. The standard InChI is InChI=1S/C16H18N2O3/c1-16(11-6-7-11)14(19)18(15(20)17-16)9-12-8-10-4-2-3-5-13(10)21-12/h2-5,11-12H,6-9H2,1H3,(H,17,20). The van der Waals surface area contributed by atoms with Crippen LogP contribution in [-0.4, -0.2) is 35.0 Å². The van der Waals surface area contributed by atoms with Crippen molar-refractivity contribution in [2.24, 2.45) is 5.92 Å². The molecule has 5 heteroatoms. The van der Waals surface area contributed by atoms with Crippen molar-refractivity contribution in [2.45, 2.75) is 37.8 Å². The lowest BCUT2D eigenvalue weighted by Gasteiger charge is -2.22. The smallest absolute Gasteiger partial charge is 0.325 e. The molecule has 1 aliphatic carbocycles. The molecular weight excluding hydrogens is 268 g/mol. The molecule has 0 spiro atoms. The molecule has 3 aliphatic rings. The Bertz CT molecular complexity index is 601. The number of nitrogens with zero attached hydrogens (tertiary/aromatic N) is 1. The summed E-state index contributed by atoms with van der Waals surface area (Å²) in [6.45, 7) is 2.16. The number of amides is 3. The van der Waals surface area contributed by atoms with Crippen molar-refractivity contribution in [3.63, 3.8) is 0 Å². The first-order valence-corrected chi connectivity index (χ1v) is 7.46. The summed E-state index contributed by atoms with van der Waals surface area (Å²) >= 11 is 0. The lowest BCUT2D eigenvalue weighted by Crippen LogP contribution is -2.46. The van der Waals surface area contributed by atoms with Crippen LogP contribution in [0, 0.1) is 5.92 Å². The third kappa shape index (κ3) is 1.91. The predicted octanol–water partition coefficient (Wildman–Crippen LogP) is 1.71. The van der Waals surface area contributed by atoms with Crippen molar-refractivity contribution >= 4 is 11.9 Å². The normalized spacial score (nSPS) is 31.1. The fourth-order valence-electron chi connectivity index (χ4n) is 3.38. The SMILES string of the molecule is CC1(C2CC2)NC(=O)N(CC2Cc3ccccc3O2)C1=O. The van der Waals surface area contributed by atoms with Gasteiger partial charge in [0.1, 0.15) is 17.4 Å². The maximum atomic E-state index is 12.6. The maximum absolute atomic E-state index is 12.6. The van der Waals surface area contributed by atoms with Crippen molar-refractivity contribution in [3.05, 3.63) is 29.8 Å². The topological polar surface area (TPSA) is 58.6 Å². The van der Waals surface area contributed by atoms with Crippen LogP contribution in [0.4, 0.5) is 4.79 Å². The minimum absolute atomic E-state index is 0.102. The van der Waals surface area contributed by atoms with Crippen molar-refractivity contribution in [2.75, 3.05) is 6.54 Å². The molecule has 1 aromatic carbocycles. The van der Waals surface area contributed by atoms with Gasteiger partial charge in [-0.25, -0.2) is 4.79 Å². The molecule has 21 heavy (non-hydrogen) atoms. The third-order valence-corrected chi connectivity index (χ3v) is 4.80. The van der Waals surface area contributed by atoms with E-state index in [1.165, 1.54) is 4.90 Å². The van der Waals surface area contributed by atoms with Gasteiger partial charge < -0.3 is 10.1 Å². The second-order valence-corrected chi connectivity index (χ2v) is 6.37. The number of para-hydroxylation sites is 1. The first kappa shape index (κ1) is 12.7. The van der Waals surface area contributed by atoms with Gasteiger partial charge in [0.15, 0.2) is 0 Å². The summed E-state index contributed by atoms with van der Waals surface area (Å²) in [7, 11) is 0. The van der Waals surface area contributed by atoms with Gasteiger partial charge in [-0.3, -0.25) is 9.69 Å². The van der Waals surface area contributed by atoms with Gasteiger partial charge in [0.2, 0.25) is 0 Å². The Hall–Kier alpha value is -2.04. The van der Waals surface area contributed by atoms with Crippen LogP contribution >= 0.6 is 0 Å². The van der Waals surface area contributed by atoms with Gasteiger partial charge >= 0.3 is 6.03 Å². The van der Waals surface area contributed by atoms with Crippen molar-refractivity contribution in [1.29, 1.82) is 0 Å². The minimum atomic E-state index is -0.706. The minimum Gasteiger partial charge on any atom is -0.488 e. The number of fused-ring (bicyclic) bond motifs is 1. The Kier molecular flexibility index (Phi) is 2.55. The zero-order chi connectivity index (χ0) is 14.6. The van der Waals surface area contributed by atoms with Gasteiger partial charge in [-0.2, -0.15) is 0 Å². The summed E-state index contributed by atoms with van der Waals surface area (Å²) in [4.78, 5) is 26.0. The summed E-state index contributed by atoms with van der Waals surface area (Å²) in [6, 6.07) is 7.57. The highest BCUT2D eigenvalue weighted by Gasteiger charge is 2.56. The molecule has 1 saturated heterocycles. The van der Waals surface area contributed by atoms with Crippen LogP contribution in [0.5, 0.6) is 5.75 Å². The van der Waals surface area contributed by atoms with Crippen LogP contribution in [0.2, 0.25) is 0 Å². The number of benzene rings is 1. The molecule has 0 bridgehead atoms. The van der Waals surface area contributed by atoms with Gasteiger partial charge in [-0.1, -0.05) is 18.2 Å². The Morgan fingerprint density at radius 2 is 2.10 bits per heavy atom. The fourth-order valence-corrected chi connectivity index (χ4v) is 3.38. The Morgan fingerprint density at radius 3 is 2.81 bits per heavy atom. The first-order chi connectivity index (χ1) is 10.1. The molecule has 1 saturated carbocycles. The van der Waals surface area contributed by atoms with Crippen molar-refractivity contribution in [3.8, 4) is 5.75 Å². The van der Waals surface area contributed by atoms with Crippen molar-refractivity contribution < 1.29 is 14.3 Å². The summed E-state index contributed by atoms with van der Waals surface area (Å²) in [5.41, 5.74) is 0.433. The number of carbonyl (C=O) groups excluding carboxylic acids is 2. The van der Waals surface area contributed by atoms with E-state index < -0.39 is 5.54 Å².